The summed E-state index contributed by atoms with van der Waals surface area (Å²) in [6.45, 7) is 3.25. The van der Waals surface area contributed by atoms with E-state index in [0.29, 0.717) is 12.0 Å². The molecule has 104 valence electrons. The first-order chi connectivity index (χ1) is 9.90. The van der Waals surface area contributed by atoms with E-state index in [9.17, 15) is 0 Å². The van der Waals surface area contributed by atoms with Crippen LogP contribution in [0.25, 0.3) is 0 Å². The second kappa shape index (κ2) is 6.23. The van der Waals surface area contributed by atoms with Gasteiger partial charge in [-0.25, -0.2) is 0 Å². The van der Waals surface area contributed by atoms with Crippen molar-refractivity contribution < 1.29 is 0 Å². The molecule has 3 rings (SSSR count). The van der Waals surface area contributed by atoms with Crippen LogP contribution in [0, 0.1) is 5.92 Å². The molecule has 1 aliphatic rings. The minimum absolute atomic E-state index is 0.463. The minimum Gasteiger partial charge on any atom is -0.313 e. The third-order valence-corrected chi connectivity index (χ3v) is 4.25. The van der Waals surface area contributed by atoms with Crippen LogP contribution in [-0.4, -0.2) is 12.6 Å². The van der Waals surface area contributed by atoms with Crippen molar-refractivity contribution in [3.8, 4) is 0 Å². The van der Waals surface area contributed by atoms with Crippen molar-refractivity contribution in [2.24, 2.45) is 5.92 Å². The molecule has 1 unspecified atom stereocenters. The predicted molar refractivity (Wildman–Crippen MR) is 84.9 cm³/mol. The minimum atomic E-state index is 0.463. The van der Waals surface area contributed by atoms with Gasteiger partial charge in [0.2, 0.25) is 0 Å². The van der Waals surface area contributed by atoms with E-state index < -0.39 is 0 Å². The summed E-state index contributed by atoms with van der Waals surface area (Å²) in [5, 5.41) is 3.74. The fourth-order valence-electron chi connectivity index (χ4n) is 3.18. The van der Waals surface area contributed by atoms with Gasteiger partial charge in [-0.2, -0.15) is 0 Å². The van der Waals surface area contributed by atoms with Crippen molar-refractivity contribution in [2.75, 3.05) is 6.54 Å². The van der Waals surface area contributed by atoms with Crippen molar-refractivity contribution in [1.29, 1.82) is 0 Å². The average molecular weight is 265 g/mol. The van der Waals surface area contributed by atoms with E-state index in [-0.39, 0.29) is 0 Å². The lowest BCUT2D eigenvalue weighted by Gasteiger charge is -2.29. The van der Waals surface area contributed by atoms with Crippen LogP contribution in [0.15, 0.2) is 60.7 Å². The lowest BCUT2D eigenvalue weighted by Crippen LogP contribution is -2.37. The van der Waals surface area contributed by atoms with Crippen LogP contribution >= 0.6 is 0 Å². The number of rotatable bonds is 6. The number of hydrogen-bond acceptors (Lipinski definition) is 1. The fraction of sp³-hybridized carbons (Fsp3) is 0.368. The van der Waals surface area contributed by atoms with E-state index in [1.54, 1.807) is 0 Å². The molecule has 0 radical (unpaired) electrons. The molecule has 1 saturated carbocycles. The lowest BCUT2D eigenvalue weighted by molar-refractivity contribution is 0.431. The third kappa shape index (κ3) is 2.94. The quantitative estimate of drug-likeness (QED) is 0.825. The van der Waals surface area contributed by atoms with Gasteiger partial charge in [0, 0.05) is 12.0 Å². The highest BCUT2D eigenvalue weighted by atomic mass is 14.9. The summed E-state index contributed by atoms with van der Waals surface area (Å²) < 4.78 is 0. The number of likely N-dealkylation sites (N-methyl/N-ethyl adjacent to an activating group) is 1. The molecule has 1 nitrogen and oxygen atoms in total. The second-order valence-corrected chi connectivity index (χ2v) is 5.72. The van der Waals surface area contributed by atoms with Gasteiger partial charge in [0.05, 0.1) is 0 Å². The standard InChI is InChI=1S/C19H23N/c1-2-20-19(17-13-14-17)18(15-9-5-3-6-10-15)16-11-7-4-8-12-16/h3-12,17-20H,2,13-14H2,1H3. The van der Waals surface area contributed by atoms with Gasteiger partial charge in [0.1, 0.15) is 0 Å². The van der Waals surface area contributed by atoms with Crippen molar-refractivity contribution in [1.82, 2.24) is 5.32 Å². The third-order valence-electron chi connectivity index (χ3n) is 4.25. The summed E-state index contributed by atoms with van der Waals surface area (Å²) >= 11 is 0. The topological polar surface area (TPSA) is 12.0 Å². The first-order valence-corrected chi connectivity index (χ1v) is 7.73. The van der Waals surface area contributed by atoms with Gasteiger partial charge in [-0.05, 0) is 36.4 Å². The smallest absolute Gasteiger partial charge is 0.0246 e. The Morgan fingerprint density at radius 1 is 0.900 bits per heavy atom. The SMILES string of the molecule is CCNC(C1CC1)C(c1ccccc1)c1ccccc1. The van der Waals surface area contributed by atoms with Crippen LogP contribution in [0.4, 0.5) is 0 Å². The Balaban J connectivity index is 1.98. The molecule has 0 bridgehead atoms. The molecule has 1 atom stereocenters. The van der Waals surface area contributed by atoms with Crippen LogP contribution in [0.1, 0.15) is 36.8 Å². The maximum atomic E-state index is 3.74. The molecular weight excluding hydrogens is 242 g/mol. The molecule has 1 aliphatic carbocycles. The highest BCUT2D eigenvalue weighted by Crippen LogP contribution is 2.41. The monoisotopic (exact) mass is 265 g/mol. The summed E-state index contributed by atoms with van der Waals surface area (Å²) in [7, 11) is 0. The van der Waals surface area contributed by atoms with Crippen LogP contribution in [0.2, 0.25) is 0 Å². The molecule has 1 heteroatoms. The summed E-state index contributed by atoms with van der Waals surface area (Å²) in [4.78, 5) is 0. The van der Waals surface area contributed by atoms with Crippen molar-refractivity contribution in [3.63, 3.8) is 0 Å². The van der Waals surface area contributed by atoms with Gasteiger partial charge in [0.15, 0.2) is 0 Å². The molecule has 2 aromatic carbocycles. The molecule has 0 spiro atoms. The maximum Gasteiger partial charge on any atom is 0.0246 e. The highest BCUT2D eigenvalue weighted by Gasteiger charge is 2.37. The zero-order valence-corrected chi connectivity index (χ0v) is 12.1. The summed E-state index contributed by atoms with van der Waals surface area (Å²) in [6.07, 6.45) is 2.74. The maximum absolute atomic E-state index is 3.74. The first kappa shape index (κ1) is 13.4. The van der Waals surface area contributed by atoms with E-state index in [0.717, 1.165) is 12.5 Å². The highest BCUT2D eigenvalue weighted by molar-refractivity contribution is 5.35. The van der Waals surface area contributed by atoms with Crippen molar-refractivity contribution >= 4 is 0 Å². The molecule has 0 aromatic heterocycles. The number of benzene rings is 2. The predicted octanol–water partition coefficient (Wildman–Crippen LogP) is 4.21. The fourth-order valence-corrected chi connectivity index (χ4v) is 3.18. The molecule has 0 saturated heterocycles. The first-order valence-electron chi connectivity index (χ1n) is 7.73. The molecule has 1 N–H and O–H groups in total. The molecule has 0 heterocycles. The second-order valence-electron chi connectivity index (χ2n) is 5.72. The lowest BCUT2D eigenvalue weighted by atomic mass is 9.83. The molecule has 2 aromatic rings. The van der Waals surface area contributed by atoms with Gasteiger partial charge >= 0.3 is 0 Å². The average Bonchev–Trinajstić information content (AvgIpc) is 3.34. The summed E-state index contributed by atoms with van der Waals surface area (Å²) in [6, 6.07) is 22.5. The van der Waals surface area contributed by atoms with E-state index >= 15 is 0 Å². The van der Waals surface area contributed by atoms with Crippen LogP contribution < -0.4 is 5.32 Å². The summed E-state index contributed by atoms with van der Waals surface area (Å²) in [5.41, 5.74) is 2.85. The van der Waals surface area contributed by atoms with Gasteiger partial charge in [-0.3, -0.25) is 0 Å². The van der Waals surface area contributed by atoms with Crippen LogP contribution in [-0.2, 0) is 0 Å². The van der Waals surface area contributed by atoms with E-state index in [4.69, 9.17) is 0 Å². The Bertz CT molecular complexity index is 476. The zero-order chi connectivity index (χ0) is 13.8. The van der Waals surface area contributed by atoms with E-state index in [1.807, 2.05) is 0 Å². The van der Waals surface area contributed by atoms with E-state index in [1.165, 1.54) is 24.0 Å². The Labute approximate surface area is 122 Å². The Hall–Kier alpha value is -1.60. The molecule has 1 fully saturated rings. The molecule has 0 amide bonds. The number of nitrogens with one attached hydrogen (secondary N) is 1. The van der Waals surface area contributed by atoms with Crippen molar-refractivity contribution in [3.05, 3.63) is 71.8 Å². The Morgan fingerprint density at radius 2 is 1.40 bits per heavy atom. The molecule has 0 aliphatic heterocycles. The number of hydrogen-bond donors (Lipinski definition) is 1. The summed E-state index contributed by atoms with van der Waals surface area (Å²) in [5.74, 6) is 1.30. The normalized spacial score (nSPS) is 16.3. The van der Waals surface area contributed by atoms with E-state index in [2.05, 4.69) is 72.9 Å². The Kier molecular flexibility index (Phi) is 4.17. The Morgan fingerprint density at radius 3 is 1.80 bits per heavy atom. The molecule has 20 heavy (non-hydrogen) atoms. The van der Waals surface area contributed by atoms with Crippen LogP contribution in [0.3, 0.4) is 0 Å². The largest absolute Gasteiger partial charge is 0.313 e. The molecular formula is C19H23N. The van der Waals surface area contributed by atoms with Crippen LogP contribution in [0.5, 0.6) is 0 Å². The van der Waals surface area contributed by atoms with Gasteiger partial charge < -0.3 is 5.32 Å². The van der Waals surface area contributed by atoms with Gasteiger partial charge in [-0.15, -0.1) is 0 Å². The van der Waals surface area contributed by atoms with Crippen molar-refractivity contribution in [2.45, 2.75) is 31.7 Å². The van der Waals surface area contributed by atoms with Gasteiger partial charge in [-0.1, -0.05) is 67.6 Å². The zero-order valence-electron chi connectivity index (χ0n) is 12.1. The van der Waals surface area contributed by atoms with Gasteiger partial charge in [0.25, 0.3) is 0 Å².